The lowest BCUT2D eigenvalue weighted by Gasteiger charge is -2.13. The number of aryl methyl sites for hydroxylation is 1. The van der Waals surface area contributed by atoms with E-state index in [2.05, 4.69) is 44.8 Å². The molecule has 6 heteroatoms. The summed E-state index contributed by atoms with van der Waals surface area (Å²) >= 11 is 1.66. The normalized spacial score (nSPS) is 10.5. The monoisotopic (exact) mass is 277 g/mol. The molecule has 5 nitrogen and oxygen atoms in total. The molecule has 0 radical (unpaired) electrons. The Bertz CT molecular complexity index is 538. The van der Waals surface area contributed by atoms with Crippen LogP contribution in [0.5, 0.6) is 0 Å². The summed E-state index contributed by atoms with van der Waals surface area (Å²) in [6.07, 6.45) is 2.48. The van der Waals surface area contributed by atoms with Crippen LogP contribution in [-0.4, -0.2) is 21.5 Å². The van der Waals surface area contributed by atoms with Gasteiger partial charge in [0.2, 0.25) is 0 Å². The zero-order valence-electron chi connectivity index (χ0n) is 11.5. The van der Waals surface area contributed by atoms with Crippen molar-refractivity contribution in [3.63, 3.8) is 0 Å². The number of nitrogens with one attached hydrogen (secondary N) is 2. The third-order valence-corrected chi connectivity index (χ3v) is 3.57. The van der Waals surface area contributed by atoms with E-state index in [0.717, 1.165) is 40.9 Å². The Morgan fingerprint density at radius 2 is 1.89 bits per heavy atom. The Morgan fingerprint density at radius 3 is 2.47 bits per heavy atom. The van der Waals surface area contributed by atoms with Gasteiger partial charge >= 0.3 is 0 Å². The summed E-state index contributed by atoms with van der Waals surface area (Å²) in [6, 6.07) is 0. The lowest BCUT2D eigenvalue weighted by molar-refractivity contribution is 0.983. The highest BCUT2D eigenvalue weighted by molar-refractivity contribution is 7.09. The van der Waals surface area contributed by atoms with Crippen LogP contribution in [0.4, 0.5) is 11.6 Å². The maximum Gasteiger partial charge on any atom is 0.135 e. The summed E-state index contributed by atoms with van der Waals surface area (Å²) in [7, 11) is 0. The molecule has 0 atom stereocenters. The molecule has 0 unspecified atom stereocenters. The van der Waals surface area contributed by atoms with Gasteiger partial charge in [0.15, 0.2) is 0 Å². The van der Waals surface area contributed by atoms with Crippen LogP contribution in [0.1, 0.15) is 30.1 Å². The van der Waals surface area contributed by atoms with Gasteiger partial charge in [-0.25, -0.2) is 15.0 Å². The maximum atomic E-state index is 4.44. The molecule has 0 bridgehead atoms. The Hall–Kier alpha value is -1.69. The fourth-order valence-electron chi connectivity index (χ4n) is 1.88. The molecule has 2 N–H and O–H groups in total. The summed E-state index contributed by atoms with van der Waals surface area (Å²) in [5, 5.41) is 9.77. The molecule has 0 amide bonds. The number of anilines is 2. The zero-order chi connectivity index (χ0) is 13.7. The molecule has 0 aliphatic rings. The first kappa shape index (κ1) is 13.7. The second-order valence-electron chi connectivity index (χ2n) is 4.14. The Kier molecular flexibility index (Phi) is 4.68. The number of thiazole rings is 1. The van der Waals surface area contributed by atoms with Gasteiger partial charge < -0.3 is 10.6 Å². The van der Waals surface area contributed by atoms with E-state index in [1.807, 2.05) is 6.92 Å². The summed E-state index contributed by atoms with van der Waals surface area (Å²) in [4.78, 5) is 13.0. The van der Waals surface area contributed by atoms with Crippen LogP contribution in [0.2, 0.25) is 0 Å². The minimum Gasteiger partial charge on any atom is -0.370 e. The fourth-order valence-corrected chi connectivity index (χ4v) is 2.50. The summed E-state index contributed by atoms with van der Waals surface area (Å²) in [6.45, 7) is 7.73. The molecule has 19 heavy (non-hydrogen) atoms. The van der Waals surface area contributed by atoms with Gasteiger partial charge in [-0.05, 0) is 20.3 Å². The quantitative estimate of drug-likeness (QED) is 0.850. The van der Waals surface area contributed by atoms with Crippen LogP contribution in [-0.2, 0) is 13.0 Å². The molecule has 0 spiro atoms. The molecular weight excluding hydrogens is 258 g/mol. The van der Waals surface area contributed by atoms with Gasteiger partial charge in [0.25, 0.3) is 0 Å². The molecule has 0 saturated carbocycles. The predicted molar refractivity (Wildman–Crippen MR) is 79.8 cm³/mol. The van der Waals surface area contributed by atoms with Crippen molar-refractivity contribution in [2.24, 2.45) is 0 Å². The molecule has 2 aromatic rings. The van der Waals surface area contributed by atoms with E-state index in [1.54, 1.807) is 17.7 Å². The van der Waals surface area contributed by atoms with Crippen molar-refractivity contribution in [3.05, 3.63) is 28.0 Å². The largest absolute Gasteiger partial charge is 0.370 e. The first-order valence-corrected chi connectivity index (χ1v) is 7.35. The average molecular weight is 277 g/mol. The van der Waals surface area contributed by atoms with Gasteiger partial charge in [-0.1, -0.05) is 6.92 Å². The van der Waals surface area contributed by atoms with Crippen LogP contribution in [0.15, 0.2) is 11.7 Å². The molecule has 2 aromatic heterocycles. The highest BCUT2D eigenvalue weighted by atomic mass is 32.1. The van der Waals surface area contributed by atoms with E-state index in [4.69, 9.17) is 0 Å². The van der Waals surface area contributed by atoms with Crippen molar-refractivity contribution >= 4 is 23.0 Å². The van der Waals surface area contributed by atoms with Crippen molar-refractivity contribution in [3.8, 4) is 0 Å². The highest BCUT2D eigenvalue weighted by Gasteiger charge is 2.09. The summed E-state index contributed by atoms with van der Waals surface area (Å²) in [5.74, 6) is 1.80. The Morgan fingerprint density at radius 1 is 1.16 bits per heavy atom. The van der Waals surface area contributed by atoms with Crippen LogP contribution < -0.4 is 10.6 Å². The van der Waals surface area contributed by atoms with Crippen molar-refractivity contribution in [2.45, 2.75) is 33.7 Å². The fraction of sp³-hybridized carbons (Fsp3) is 0.462. The SMILES string of the molecule is CCNc1ncnc(NCc2csc(C)n2)c1CC. The second kappa shape index (κ2) is 6.47. The van der Waals surface area contributed by atoms with Gasteiger partial charge in [0, 0.05) is 17.5 Å². The zero-order valence-corrected chi connectivity index (χ0v) is 12.3. The Labute approximate surface area is 117 Å². The van der Waals surface area contributed by atoms with E-state index in [9.17, 15) is 0 Å². The van der Waals surface area contributed by atoms with Gasteiger partial charge in [0.05, 0.1) is 17.2 Å². The molecule has 0 aliphatic carbocycles. The van der Waals surface area contributed by atoms with E-state index < -0.39 is 0 Å². The molecule has 2 heterocycles. The molecular formula is C13H19N5S. The topological polar surface area (TPSA) is 62.7 Å². The van der Waals surface area contributed by atoms with Crippen LogP contribution in [0, 0.1) is 6.92 Å². The molecule has 2 rings (SSSR count). The molecule has 102 valence electrons. The molecule has 0 saturated heterocycles. The first-order valence-electron chi connectivity index (χ1n) is 6.47. The van der Waals surface area contributed by atoms with Crippen molar-refractivity contribution < 1.29 is 0 Å². The van der Waals surface area contributed by atoms with E-state index in [0.29, 0.717) is 6.54 Å². The van der Waals surface area contributed by atoms with Gasteiger partial charge in [-0.3, -0.25) is 0 Å². The van der Waals surface area contributed by atoms with E-state index >= 15 is 0 Å². The number of aromatic nitrogens is 3. The second-order valence-corrected chi connectivity index (χ2v) is 5.21. The van der Waals surface area contributed by atoms with E-state index in [1.165, 1.54) is 0 Å². The van der Waals surface area contributed by atoms with Gasteiger partial charge in [-0.15, -0.1) is 11.3 Å². The Balaban J connectivity index is 2.13. The predicted octanol–water partition coefficient (Wildman–Crippen LogP) is 2.85. The van der Waals surface area contributed by atoms with Crippen LogP contribution >= 0.6 is 11.3 Å². The first-order chi connectivity index (χ1) is 9.24. The molecule has 0 aliphatic heterocycles. The maximum absolute atomic E-state index is 4.44. The van der Waals surface area contributed by atoms with Crippen molar-refractivity contribution in [1.29, 1.82) is 0 Å². The van der Waals surface area contributed by atoms with Crippen molar-refractivity contribution in [2.75, 3.05) is 17.2 Å². The highest BCUT2D eigenvalue weighted by Crippen LogP contribution is 2.21. The molecule has 0 aromatic carbocycles. The number of hydrogen-bond donors (Lipinski definition) is 2. The summed E-state index contributed by atoms with van der Waals surface area (Å²) in [5.41, 5.74) is 2.17. The van der Waals surface area contributed by atoms with E-state index in [-0.39, 0.29) is 0 Å². The lowest BCUT2D eigenvalue weighted by Crippen LogP contribution is -2.09. The van der Waals surface area contributed by atoms with Gasteiger partial charge in [0.1, 0.15) is 18.0 Å². The standard InChI is InChI=1S/C13H19N5S/c1-4-11-12(14-5-2)16-8-17-13(11)15-6-10-7-19-9(3)18-10/h7-8H,4-6H2,1-3H3,(H2,14,15,16,17). The minimum atomic E-state index is 0.694. The minimum absolute atomic E-state index is 0.694. The van der Waals surface area contributed by atoms with Gasteiger partial charge in [-0.2, -0.15) is 0 Å². The lowest BCUT2D eigenvalue weighted by atomic mass is 10.2. The smallest absolute Gasteiger partial charge is 0.135 e. The van der Waals surface area contributed by atoms with Crippen molar-refractivity contribution in [1.82, 2.24) is 15.0 Å². The average Bonchev–Trinajstić information content (AvgIpc) is 2.83. The number of rotatable bonds is 6. The van der Waals surface area contributed by atoms with Crippen LogP contribution in [0.3, 0.4) is 0 Å². The third kappa shape index (κ3) is 3.41. The third-order valence-electron chi connectivity index (χ3n) is 2.75. The number of nitrogens with zero attached hydrogens (tertiary/aromatic N) is 3. The molecule has 0 fully saturated rings. The number of hydrogen-bond acceptors (Lipinski definition) is 6. The summed E-state index contributed by atoms with van der Waals surface area (Å²) < 4.78 is 0. The van der Waals surface area contributed by atoms with Crippen LogP contribution in [0.25, 0.3) is 0 Å².